The molecule has 1 aromatic heterocycles. The van der Waals surface area contributed by atoms with E-state index in [4.69, 9.17) is 0 Å². The molecule has 1 N–H and O–H groups in total. The molecule has 0 spiro atoms. The van der Waals surface area contributed by atoms with Crippen LogP contribution in [0.5, 0.6) is 0 Å². The fourth-order valence-electron chi connectivity index (χ4n) is 3.46. The third-order valence-electron chi connectivity index (χ3n) is 4.99. The number of rotatable bonds is 5. The van der Waals surface area contributed by atoms with Crippen LogP contribution in [0.15, 0.2) is 72.9 Å². The van der Waals surface area contributed by atoms with Gasteiger partial charge < -0.3 is 10.2 Å². The summed E-state index contributed by atoms with van der Waals surface area (Å²) in [6, 6.07) is 22.4. The van der Waals surface area contributed by atoms with Gasteiger partial charge in [-0.3, -0.25) is 4.79 Å². The molecule has 0 saturated carbocycles. The van der Waals surface area contributed by atoms with Gasteiger partial charge in [-0.25, -0.2) is 4.98 Å². The van der Waals surface area contributed by atoms with Crippen molar-refractivity contribution in [1.29, 1.82) is 0 Å². The number of fused-ring (bicyclic) bond motifs is 1. The van der Waals surface area contributed by atoms with Crippen LogP contribution >= 0.6 is 0 Å². The third-order valence-corrected chi connectivity index (χ3v) is 4.99. The molecule has 0 fully saturated rings. The van der Waals surface area contributed by atoms with Gasteiger partial charge in [0, 0.05) is 25.8 Å². The summed E-state index contributed by atoms with van der Waals surface area (Å²) in [7, 11) is 0. The number of hydrogen-bond donors (Lipinski definition) is 1. The number of benzene rings is 2. The van der Waals surface area contributed by atoms with E-state index in [-0.39, 0.29) is 5.91 Å². The Bertz CT molecular complexity index is 906. The Labute approximate surface area is 159 Å². The van der Waals surface area contributed by atoms with E-state index < -0.39 is 0 Å². The smallest absolute Gasteiger partial charge is 0.255 e. The first-order valence-electron chi connectivity index (χ1n) is 9.39. The van der Waals surface area contributed by atoms with Crippen molar-refractivity contribution in [1.82, 2.24) is 9.88 Å². The van der Waals surface area contributed by atoms with Gasteiger partial charge in [-0.1, -0.05) is 54.6 Å². The van der Waals surface area contributed by atoms with Crippen LogP contribution in [0.1, 0.15) is 27.0 Å². The van der Waals surface area contributed by atoms with Gasteiger partial charge in [0.25, 0.3) is 5.91 Å². The number of hydrogen-bond acceptors (Lipinski definition) is 3. The molecule has 0 saturated heterocycles. The van der Waals surface area contributed by atoms with Crippen LogP contribution in [0, 0.1) is 0 Å². The standard InChI is InChI=1S/C23H23N3O/c27-23(26-15-13-19-8-4-5-9-21(19)17-26)20-10-11-22(25-16-20)24-14-12-18-6-2-1-3-7-18/h1-11,16H,12-15,17H2,(H,24,25). The maximum atomic E-state index is 12.8. The Morgan fingerprint density at radius 2 is 1.74 bits per heavy atom. The largest absolute Gasteiger partial charge is 0.370 e. The molecule has 2 aromatic carbocycles. The van der Waals surface area contributed by atoms with Crippen LogP contribution in [0.2, 0.25) is 0 Å². The van der Waals surface area contributed by atoms with Gasteiger partial charge >= 0.3 is 0 Å². The van der Waals surface area contributed by atoms with Gasteiger partial charge in [-0.05, 0) is 41.7 Å². The number of amides is 1. The zero-order valence-corrected chi connectivity index (χ0v) is 15.3. The number of carbonyl (C=O) groups is 1. The van der Waals surface area contributed by atoms with Crippen LogP contribution in [0.4, 0.5) is 5.82 Å². The second-order valence-corrected chi connectivity index (χ2v) is 6.84. The predicted molar refractivity (Wildman–Crippen MR) is 108 cm³/mol. The Morgan fingerprint density at radius 1 is 0.963 bits per heavy atom. The molecule has 1 amide bonds. The van der Waals surface area contributed by atoms with Crippen molar-refractivity contribution in [3.05, 3.63) is 95.2 Å². The van der Waals surface area contributed by atoms with Gasteiger partial charge in [0.15, 0.2) is 0 Å². The maximum absolute atomic E-state index is 12.8. The fraction of sp³-hybridized carbons (Fsp3) is 0.217. The van der Waals surface area contributed by atoms with Crippen LogP contribution in [-0.4, -0.2) is 28.9 Å². The van der Waals surface area contributed by atoms with E-state index in [0.717, 1.165) is 31.7 Å². The summed E-state index contributed by atoms with van der Waals surface area (Å²) in [4.78, 5) is 19.1. The Balaban J connectivity index is 1.34. The highest BCUT2D eigenvalue weighted by Crippen LogP contribution is 2.20. The molecule has 2 heterocycles. The first-order valence-corrected chi connectivity index (χ1v) is 9.39. The van der Waals surface area contributed by atoms with Gasteiger partial charge in [0.1, 0.15) is 5.82 Å². The fourth-order valence-corrected chi connectivity index (χ4v) is 3.46. The predicted octanol–water partition coefficient (Wildman–Crippen LogP) is 3.93. The summed E-state index contributed by atoms with van der Waals surface area (Å²) in [5.74, 6) is 0.847. The SMILES string of the molecule is O=C(c1ccc(NCCc2ccccc2)nc1)N1CCc2ccccc2C1. The molecule has 0 aliphatic carbocycles. The molecule has 4 rings (SSSR count). The average Bonchev–Trinajstić information content (AvgIpc) is 2.74. The van der Waals surface area contributed by atoms with E-state index in [1.165, 1.54) is 16.7 Å². The Kier molecular flexibility index (Phi) is 5.15. The van der Waals surface area contributed by atoms with Crippen molar-refractivity contribution in [2.24, 2.45) is 0 Å². The lowest BCUT2D eigenvalue weighted by Gasteiger charge is -2.28. The highest BCUT2D eigenvalue weighted by molar-refractivity contribution is 5.94. The number of pyridine rings is 1. The molecular weight excluding hydrogens is 334 g/mol. The Hall–Kier alpha value is -3.14. The van der Waals surface area contributed by atoms with Crippen LogP contribution in [-0.2, 0) is 19.4 Å². The summed E-state index contributed by atoms with van der Waals surface area (Å²) < 4.78 is 0. The number of nitrogens with one attached hydrogen (secondary N) is 1. The van der Waals surface area contributed by atoms with Crippen molar-refractivity contribution in [3.8, 4) is 0 Å². The minimum absolute atomic E-state index is 0.0489. The summed E-state index contributed by atoms with van der Waals surface area (Å²) >= 11 is 0. The van der Waals surface area contributed by atoms with Crippen molar-refractivity contribution in [2.45, 2.75) is 19.4 Å². The molecule has 0 bridgehead atoms. The highest BCUT2D eigenvalue weighted by atomic mass is 16.2. The molecule has 1 aliphatic heterocycles. The maximum Gasteiger partial charge on any atom is 0.255 e. The first kappa shape index (κ1) is 17.3. The molecule has 136 valence electrons. The van der Waals surface area contributed by atoms with E-state index in [1.807, 2.05) is 41.3 Å². The third kappa shape index (κ3) is 4.17. The molecule has 1 aliphatic rings. The quantitative estimate of drug-likeness (QED) is 0.752. The van der Waals surface area contributed by atoms with E-state index in [0.29, 0.717) is 12.1 Å². The summed E-state index contributed by atoms with van der Waals surface area (Å²) in [5.41, 5.74) is 4.52. The van der Waals surface area contributed by atoms with Crippen LogP contribution in [0.25, 0.3) is 0 Å². The minimum atomic E-state index is 0.0489. The minimum Gasteiger partial charge on any atom is -0.370 e. The number of nitrogens with zero attached hydrogens (tertiary/aromatic N) is 2. The van der Waals surface area contributed by atoms with Crippen molar-refractivity contribution >= 4 is 11.7 Å². The molecule has 0 atom stereocenters. The average molecular weight is 357 g/mol. The van der Waals surface area contributed by atoms with Gasteiger partial charge in [-0.15, -0.1) is 0 Å². The summed E-state index contributed by atoms with van der Waals surface area (Å²) in [6.07, 6.45) is 3.53. The summed E-state index contributed by atoms with van der Waals surface area (Å²) in [5, 5.41) is 3.32. The van der Waals surface area contributed by atoms with E-state index in [2.05, 4.69) is 40.6 Å². The molecule has 27 heavy (non-hydrogen) atoms. The monoisotopic (exact) mass is 357 g/mol. The van der Waals surface area contributed by atoms with Gasteiger partial charge in [0.2, 0.25) is 0 Å². The highest BCUT2D eigenvalue weighted by Gasteiger charge is 2.21. The topological polar surface area (TPSA) is 45.2 Å². The molecule has 0 radical (unpaired) electrons. The van der Waals surface area contributed by atoms with Gasteiger partial charge in [0.05, 0.1) is 5.56 Å². The van der Waals surface area contributed by atoms with Crippen molar-refractivity contribution < 1.29 is 4.79 Å². The van der Waals surface area contributed by atoms with Crippen LogP contribution in [0.3, 0.4) is 0 Å². The van der Waals surface area contributed by atoms with E-state index in [1.54, 1.807) is 6.20 Å². The van der Waals surface area contributed by atoms with Gasteiger partial charge in [-0.2, -0.15) is 0 Å². The zero-order valence-electron chi connectivity index (χ0n) is 15.3. The lowest BCUT2D eigenvalue weighted by molar-refractivity contribution is 0.0734. The first-order chi connectivity index (χ1) is 13.3. The molecule has 3 aromatic rings. The normalized spacial score (nSPS) is 13.1. The second-order valence-electron chi connectivity index (χ2n) is 6.84. The summed E-state index contributed by atoms with van der Waals surface area (Å²) in [6.45, 7) is 2.24. The molecule has 0 unspecified atom stereocenters. The number of carbonyl (C=O) groups excluding carboxylic acids is 1. The zero-order chi connectivity index (χ0) is 18.5. The van der Waals surface area contributed by atoms with Crippen LogP contribution < -0.4 is 5.32 Å². The van der Waals surface area contributed by atoms with E-state index in [9.17, 15) is 4.79 Å². The second kappa shape index (κ2) is 8.04. The lowest BCUT2D eigenvalue weighted by Crippen LogP contribution is -2.36. The molecule has 4 heteroatoms. The van der Waals surface area contributed by atoms with Crippen molar-refractivity contribution in [2.75, 3.05) is 18.4 Å². The lowest BCUT2D eigenvalue weighted by atomic mass is 9.99. The number of anilines is 1. The molecule has 4 nitrogen and oxygen atoms in total. The van der Waals surface area contributed by atoms with Crippen molar-refractivity contribution in [3.63, 3.8) is 0 Å². The Morgan fingerprint density at radius 3 is 2.52 bits per heavy atom. The van der Waals surface area contributed by atoms with E-state index >= 15 is 0 Å². The molecular formula is C23H23N3O. The number of aromatic nitrogens is 1.